The zero-order chi connectivity index (χ0) is 41.0. The molecule has 0 unspecified atom stereocenters. The van der Waals surface area contributed by atoms with Crippen molar-refractivity contribution in [2.45, 2.75) is 178 Å². The minimum atomic E-state index is -0.977. The molecular weight excluding hydrogens is 673 g/mol. The number of carboxylic acids is 1. The fourth-order valence-corrected chi connectivity index (χ4v) is 6.39. The first kappa shape index (κ1) is 49.2. The Balaban J connectivity index is 2.27. The van der Waals surface area contributed by atoms with Crippen LogP contribution in [0.15, 0.2) is 123 Å². The number of carbonyl (C=O) groups is 1. The number of allylic oxidation sites excluding steroid dienone is 18. The van der Waals surface area contributed by atoms with Gasteiger partial charge in [0.15, 0.2) is 0 Å². The van der Waals surface area contributed by atoms with Crippen LogP contribution in [0.5, 0.6) is 5.75 Å². The van der Waals surface area contributed by atoms with Crippen LogP contribution in [-0.4, -0.2) is 16.2 Å². The number of aromatic hydroxyl groups is 1. The van der Waals surface area contributed by atoms with E-state index in [0.29, 0.717) is 12.0 Å². The van der Waals surface area contributed by atoms with Crippen LogP contribution < -0.4 is 0 Å². The molecular formula is C52H78O3. The SMILES string of the molecule is CC(C)=CCCC(C)=CCCC(C)=CCCC(C)=CCCC(C)=CCCC(C)=CCCC(C)=CCCC(C)=CCCC(C)=CCc1cc(C(=O)O)ccc1O. The lowest BCUT2D eigenvalue weighted by Crippen LogP contribution is -1.97. The normalized spacial score (nSPS) is 14.1. The van der Waals surface area contributed by atoms with E-state index in [1.807, 2.05) is 0 Å². The Morgan fingerprint density at radius 1 is 0.436 bits per heavy atom. The van der Waals surface area contributed by atoms with Gasteiger partial charge in [-0.2, -0.15) is 0 Å². The molecule has 1 rings (SSSR count). The molecule has 3 nitrogen and oxygen atoms in total. The van der Waals surface area contributed by atoms with Crippen LogP contribution in [0, 0.1) is 0 Å². The lowest BCUT2D eigenvalue weighted by molar-refractivity contribution is 0.0696. The van der Waals surface area contributed by atoms with Gasteiger partial charge in [-0.15, -0.1) is 0 Å². The molecule has 0 fully saturated rings. The van der Waals surface area contributed by atoms with Crippen molar-refractivity contribution >= 4 is 5.97 Å². The molecule has 0 aromatic heterocycles. The second-order valence-corrected chi connectivity index (χ2v) is 16.3. The Kier molecular flexibility index (Phi) is 26.3. The quantitative estimate of drug-likeness (QED) is 0.0880. The van der Waals surface area contributed by atoms with E-state index in [2.05, 4.69) is 124 Å². The molecule has 1 aromatic rings. The molecule has 3 heteroatoms. The van der Waals surface area contributed by atoms with E-state index < -0.39 is 5.97 Å². The fourth-order valence-electron chi connectivity index (χ4n) is 6.39. The molecule has 0 bridgehead atoms. The first-order valence-corrected chi connectivity index (χ1v) is 21.1. The van der Waals surface area contributed by atoms with E-state index in [9.17, 15) is 15.0 Å². The highest BCUT2D eigenvalue weighted by Gasteiger charge is 2.07. The van der Waals surface area contributed by atoms with Crippen molar-refractivity contribution in [1.29, 1.82) is 0 Å². The van der Waals surface area contributed by atoms with Gasteiger partial charge >= 0.3 is 5.97 Å². The number of hydrogen-bond donors (Lipinski definition) is 2. The van der Waals surface area contributed by atoms with E-state index in [1.165, 1.54) is 75.1 Å². The van der Waals surface area contributed by atoms with Crippen LogP contribution in [-0.2, 0) is 6.42 Å². The lowest BCUT2D eigenvalue weighted by atomic mass is 10.0. The van der Waals surface area contributed by atoms with Crippen molar-refractivity contribution in [2.75, 3.05) is 0 Å². The number of benzene rings is 1. The molecule has 0 spiro atoms. The van der Waals surface area contributed by atoms with Crippen LogP contribution in [0.3, 0.4) is 0 Å². The maximum absolute atomic E-state index is 11.2. The summed E-state index contributed by atoms with van der Waals surface area (Å²) in [5, 5.41) is 19.3. The average Bonchev–Trinajstić information content (AvgIpc) is 3.11. The molecule has 2 N–H and O–H groups in total. The summed E-state index contributed by atoms with van der Waals surface area (Å²) in [4.78, 5) is 11.2. The van der Waals surface area contributed by atoms with E-state index in [-0.39, 0.29) is 11.3 Å². The fraction of sp³-hybridized carbons (Fsp3) is 0.519. The highest BCUT2D eigenvalue weighted by Crippen LogP contribution is 2.22. The highest BCUT2D eigenvalue weighted by molar-refractivity contribution is 5.88. The monoisotopic (exact) mass is 751 g/mol. The molecule has 0 aliphatic carbocycles. The molecule has 1 aromatic carbocycles. The van der Waals surface area contributed by atoms with Gasteiger partial charge in [-0.25, -0.2) is 4.79 Å². The summed E-state index contributed by atoms with van der Waals surface area (Å²) in [6.07, 6.45) is 39.8. The van der Waals surface area contributed by atoms with Gasteiger partial charge in [0.25, 0.3) is 0 Å². The maximum Gasteiger partial charge on any atom is 0.335 e. The molecule has 0 atom stereocenters. The predicted molar refractivity (Wildman–Crippen MR) is 242 cm³/mol. The van der Waals surface area contributed by atoms with E-state index >= 15 is 0 Å². The van der Waals surface area contributed by atoms with Gasteiger partial charge in [0.05, 0.1) is 5.56 Å². The Labute approximate surface area is 338 Å². The molecule has 0 saturated heterocycles. The second kappa shape index (κ2) is 29.4. The lowest BCUT2D eigenvalue weighted by Gasteiger charge is -2.05. The third kappa shape index (κ3) is 26.6. The van der Waals surface area contributed by atoms with Crippen LogP contribution in [0.25, 0.3) is 0 Å². The topological polar surface area (TPSA) is 57.5 Å². The first-order valence-electron chi connectivity index (χ1n) is 21.1. The standard InChI is InChI=1S/C52H78O3/c1-40(2)19-11-20-41(3)21-12-22-42(4)23-13-24-43(5)25-14-26-44(6)27-15-28-45(7)29-16-30-46(8)31-17-32-47(9)33-18-34-48(10)35-36-49-39-50(52(54)55)37-38-51(49)53/h19,21,23,25,27,29,31,33,35,37-39,53H,11-18,20,22,24,26,28,30,32,34,36H2,1-10H3,(H,54,55). The Morgan fingerprint density at radius 2 is 0.709 bits per heavy atom. The van der Waals surface area contributed by atoms with Crippen molar-refractivity contribution < 1.29 is 15.0 Å². The first-order chi connectivity index (χ1) is 26.2. The Hall–Kier alpha value is -3.85. The van der Waals surface area contributed by atoms with Crippen molar-refractivity contribution in [3.63, 3.8) is 0 Å². The molecule has 304 valence electrons. The largest absolute Gasteiger partial charge is 0.508 e. The zero-order valence-corrected chi connectivity index (χ0v) is 36.8. The minimum absolute atomic E-state index is 0.142. The van der Waals surface area contributed by atoms with E-state index in [4.69, 9.17) is 0 Å². The van der Waals surface area contributed by atoms with Gasteiger partial charge in [0, 0.05) is 0 Å². The van der Waals surface area contributed by atoms with E-state index in [1.54, 1.807) is 6.07 Å². The maximum atomic E-state index is 11.2. The van der Waals surface area contributed by atoms with Crippen molar-refractivity contribution in [3.8, 4) is 5.75 Å². The van der Waals surface area contributed by atoms with Gasteiger partial charge in [-0.3, -0.25) is 0 Å². The summed E-state index contributed by atoms with van der Waals surface area (Å²) >= 11 is 0. The zero-order valence-electron chi connectivity index (χ0n) is 36.8. The average molecular weight is 751 g/mol. The van der Waals surface area contributed by atoms with Crippen LogP contribution in [0.2, 0.25) is 0 Å². The van der Waals surface area contributed by atoms with Gasteiger partial charge < -0.3 is 10.2 Å². The molecule has 0 amide bonds. The third-order valence-corrected chi connectivity index (χ3v) is 10.3. The predicted octanol–water partition coefficient (Wildman–Crippen LogP) is 16.4. The number of phenols is 1. The van der Waals surface area contributed by atoms with Crippen LogP contribution in [0.4, 0.5) is 0 Å². The summed E-state index contributed by atoms with van der Waals surface area (Å²) in [7, 11) is 0. The Bertz CT molecular complexity index is 1590. The smallest absolute Gasteiger partial charge is 0.335 e. The van der Waals surface area contributed by atoms with E-state index in [0.717, 1.165) is 89.9 Å². The molecule has 0 saturated carbocycles. The third-order valence-electron chi connectivity index (χ3n) is 10.3. The molecule has 0 aliphatic heterocycles. The Morgan fingerprint density at radius 3 is 0.982 bits per heavy atom. The molecule has 0 heterocycles. The molecule has 55 heavy (non-hydrogen) atoms. The summed E-state index contributed by atoms with van der Waals surface area (Å²) < 4.78 is 0. The van der Waals surface area contributed by atoms with Gasteiger partial charge in [-0.05, 0) is 202 Å². The van der Waals surface area contributed by atoms with Crippen molar-refractivity contribution in [2.24, 2.45) is 0 Å². The summed E-state index contributed by atoms with van der Waals surface area (Å²) in [6.45, 7) is 22.3. The summed E-state index contributed by atoms with van der Waals surface area (Å²) in [5.74, 6) is -0.836. The number of carboxylic acid groups (broad SMARTS) is 1. The summed E-state index contributed by atoms with van der Waals surface area (Å²) in [6, 6.07) is 4.44. The van der Waals surface area contributed by atoms with Crippen LogP contribution in [0.1, 0.15) is 188 Å². The van der Waals surface area contributed by atoms with Crippen LogP contribution >= 0.6 is 0 Å². The highest BCUT2D eigenvalue weighted by atomic mass is 16.4. The number of rotatable bonds is 27. The van der Waals surface area contributed by atoms with Crippen molar-refractivity contribution in [1.82, 2.24) is 0 Å². The van der Waals surface area contributed by atoms with Gasteiger partial charge in [0.2, 0.25) is 0 Å². The number of phenolic OH excluding ortho intramolecular Hbond substituents is 1. The minimum Gasteiger partial charge on any atom is -0.508 e. The van der Waals surface area contributed by atoms with Gasteiger partial charge in [-0.1, -0.05) is 105 Å². The second-order valence-electron chi connectivity index (χ2n) is 16.3. The molecule has 0 radical (unpaired) electrons. The number of aromatic carboxylic acids is 1. The number of hydrogen-bond acceptors (Lipinski definition) is 2. The summed E-state index contributed by atoms with van der Waals surface area (Å²) in [5.41, 5.74) is 13.9. The van der Waals surface area contributed by atoms with Gasteiger partial charge in [0.1, 0.15) is 5.75 Å². The molecule has 0 aliphatic rings. The van der Waals surface area contributed by atoms with Crippen molar-refractivity contribution in [3.05, 3.63) is 134 Å².